The van der Waals surface area contributed by atoms with Crippen LogP contribution in [0.4, 0.5) is 0 Å². The van der Waals surface area contributed by atoms with Gasteiger partial charge in [0.15, 0.2) is 0 Å². The second-order valence-electron chi connectivity index (χ2n) is 7.48. The minimum Gasteiger partial charge on any atom is -0.443 e. The van der Waals surface area contributed by atoms with Crippen LogP contribution in [0.15, 0.2) is 28.9 Å². The summed E-state index contributed by atoms with van der Waals surface area (Å²) in [4.78, 5) is 29.8. The molecule has 0 fully saturated rings. The average Bonchev–Trinajstić information content (AvgIpc) is 3.36. The zero-order valence-electron chi connectivity index (χ0n) is 16.3. The lowest BCUT2D eigenvalue weighted by molar-refractivity contribution is -0.137. The van der Waals surface area contributed by atoms with Gasteiger partial charge in [-0.05, 0) is 25.0 Å². The molecule has 0 saturated heterocycles. The van der Waals surface area contributed by atoms with E-state index in [2.05, 4.69) is 9.97 Å². The van der Waals surface area contributed by atoms with Gasteiger partial charge in [0.25, 0.3) is 0 Å². The number of pyridine rings is 1. The van der Waals surface area contributed by atoms with E-state index in [1.54, 1.807) is 30.8 Å². The molecule has 0 saturated carbocycles. The smallest absolute Gasteiger partial charge is 0.226 e. The highest BCUT2D eigenvalue weighted by atomic mass is 32.1. The quantitative estimate of drug-likeness (QED) is 0.658. The molecule has 150 valence electrons. The van der Waals surface area contributed by atoms with Gasteiger partial charge in [0.2, 0.25) is 11.8 Å². The largest absolute Gasteiger partial charge is 0.443 e. The number of thiazole rings is 1. The van der Waals surface area contributed by atoms with E-state index in [0.717, 1.165) is 40.6 Å². The van der Waals surface area contributed by atoms with Crippen LogP contribution in [0.25, 0.3) is 10.6 Å². The molecule has 3 aromatic rings. The van der Waals surface area contributed by atoms with Gasteiger partial charge in [0.1, 0.15) is 23.1 Å². The first-order valence-electron chi connectivity index (χ1n) is 9.85. The first kappa shape index (κ1) is 18.4. The summed E-state index contributed by atoms with van der Waals surface area (Å²) in [5.74, 6) is 1.66. The maximum atomic E-state index is 13.2. The van der Waals surface area contributed by atoms with Crippen LogP contribution in [0, 0.1) is 5.92 Å². The van der Waals surface area contributed by atoms with E-state index in [1.165, 1.54) is 4.88 Å². The Kier molecular flexibility index (Phi) is 4.89. The van der Waals surface area contributed by atoms with Crippen molar-refractivity contribution in [3.05, 3.63) is 52.4 Å². The van der Waals surface area contributed by atoms with Gasteiger partial charge in [-0.1, -0.05) is 0 Å². The van der Waals surface area contributed by atoms with Gasteiger partial charge in [-0.25, -0.2) is 9.97 Å². The Hall–Kier alpha value is -2.58. The van der Waals surface area contributed by atoms with Crippen molar-refractivity contribution < 1.29 is 13.9 Å². The van der Waals surface area contributed by atoms with Gasteiger partial charge in [0.05, 0.1) is 12.2 Å². The van der Waals surface area contributed by atoms with Gasteiger partial charge in [-0.3, -0.25) is 9.78 Å². The highest BCUT2D eigenvalue weighted by Gasteiger charge is 2.33. The molecule has 0 aromatic carbocycles. The highest BCUT2D eigenvalue weighted by molar-refractivity contribution is 7.15. The van der Waals surface area contributed by atoms with Gasteiger partial charge in [0, 0.05) is 55.2 Å². The van der Waals surface area contributed by atoms with Crippen LogP contribution in [0.5, 0.6) is 0 Å². The number of hydrogen-bond acceptors (Lipinski definition) is 7. The average molecular weight is 410 g/mol. The number of rotatable bonds is 4. The number of hydrogen-bond donors (Lipinski definition) is 0. The van der Waals surface area contributed by atoms with Crippen molar-refractivity contribution in [1.82, 2.24) is 19.9 Å². The molecule has 1 aliphatic carbocycles. The van der Waals surface area contributed by atoms with Crippen LogP contribution in [0.3, 0.4) is 0 Å². The number of amides is 1. The molecule has 0 spiro atoms. The maximum absolute atomic E-state index is 13.2. The molecule has 8 heteroatoms. The molecule has 1 unspecified atom stereocenters. The van der Waals surface area contributed by atoms with E-state index < -0.39 is 0 Å². The van der Waals surface area contributed by atoms with Crippen LogP contribution < -0.4 is 0 Å². The number of aromatic nitrogens is 3. The second-order valence-corrected chi connectivity index (χ2v) is 8.57. The summed E-state index contributed by atoms with van der Waals surface area (Å²) in [6.07, 6.45) is 6.78. The Morgan fingerprint density at radius 1 is 1.28 bits per heavy atom. The molecule has 2 aliphatic rings. The summed E-state index contributed by atoms with van der Waals surface area (Å²) < 4.78 is 10.8. The first-order valence-corrected chi connectivity index (χ1v) is 10.7. The van der Waals surface area contributed by atoms with Crippen LogP contribution in [-0.2, 0) is 41.9 Å². The Balaban J connectivity index is 1.29. The molecule has 29 heavy (non-hydrogen) atoms. The number of carbonyl (C=O) groups is 1. The Labute approximate surface area is 172 Å². The number of methoxy groups -OCH3 is 1. The molecule has 0 N–H and O–H groups in total. The van der Waals surface area contributed by atoms with Crippen molar-refractivity contribution in [2.45, 2.75) is 38.8 Å². The second kappa shape index (κ2) is 7.68. The van der Waals surface area contributed by atoms with E-state index in [4.69, 9.17) is 14.1 Å². The lowest BCUT2D eigenvalue weighted by Crippen LogP contribution is -2.41. The zero-order chi connectivity index (χ0) is 19.8. The third-order valence-electron chi connectivity index (χ3n) is 5.57. The van der Waals surface area contributed by atoms with Crippen LogP contribution in [-0.4, -0.2) is 39.4 Å². The summed E-state index contributed by atoms with van der Waals surface area (Å²) in [7, 11) is 1.62. The fourth-order valence-corrected chi connectivity index (χ4v) is 5.20. The topological polar surface area (TPSA) is 81.4 Å². The molecule has 3 aromatic heterocycles. The lowest BCUT2D eigenvalue weighted by atomic mass is 9.89. The summed E-state index contributed by atoms with van der Waals surface area (Å²) in [5.41, 5.74) is 3.03. The fraction of sp³-hybridized carbons (Fsp3) is 0.429. The fourth-order valence-electron chi connectivity index (χ4n) is 4.09. The molecule has 0 radical (unpaired) electrons. The standard InChI is InChI=1S/C21H22N4O3S/c1-27-12-19-23-16-11-25(9-6-17(16)28-19)21(26)14-2-3-18-15(10-14)24-20(29-18)13-4-7-22-8-5-13/h4-5,7-8,14H,2-3,6,9-12H2,1H3. The summed E-state index contributed by atoms with van der Waals surface area (Å²) in [6.45, 7) is 1.55. The Morgan fingerprint density at radius 3 is 2.97 bits per heavy atom. The van der Waals surface area contributed by atoms with Gasteiger partial charge < -0.3 is 14.1 Å². The molecular weight excluding hydrogens is 388 g/mol. The Morgan fingerprint density at radius 2 is 2.14 bits per heavy atom. The van der Waals surface area contributed by atoms with Gasteiger partial charge >= 0.3 is 0 Å². The van der Waals surface area contributed by atoms with Crippen LogP contribution in [0.2, 0.25) is 0 Å². The first-order chi connectivity index (χ1) is 14.2. The third-order valence-corrected chi connectivity index (χ3v) is 6.77. The van der Waals surface area contributed by atoms with Gasteiger partial charge in [-0.2, -0.15) is 0 Å². The zero-order valence-corrected chi connectivity index (χ0v) is 17.1. The molecule has 1 atom stereocenters. The molecule has 1 amide bonds. The summed E-state index contributed by atoms with van der Waals surface area (Å²) >= 11 is 1.74. The van der Waals surface area contributed by atoms with E-state index >= 15 is 0 Å². The Bertz CT molecular complexity index is 1030. The minimum absolute atomic E-state index is 0.0122. The van der Waals surface area contributed by atoms with Crippen molar-refractivity contribution in [2.75, 3.05) is 13.7 Å². The summed E-state index contributed by atoms with van der Waals surface area (Å²) in [6, 6.07) is 3.96. The molecule has 4 heterocycles. The number of carbonyl (C=O) groups excluding carboxylic acids is 1. The van der Waals surface area contributed by atoms with E-state index in [9.17, 15) is 4.79 Å². The molecule has 7 nitrogen and oxygen atoms in total. The van der Waals surface area contributed by atoms with E-state index in [-0.39, 0.29) is 11.8 Å². The predicted molar refractivity (Wildman–Crippen MR) is 107 cm³/mol. The maximum Gasteiger partial charge on any atom is 0.226 e. The monoisotopic (exact) mass is 410 g/mol. The minimum atomic E-state index is -0.0122. The lowest BCUT2D eigenvalue weighted by Gasteiger charge is -2.30. The molecule has 0 bridgehead atoms. The van der Waals surface area contributed by atoms with E-state index in [1.807, 2.05) is 17.0 Å². The number of oxazole rings is 1. The van der Waals surface area contributed by atoms with Crippen molar-refractivity contribution in [3.8, 4) is 10.6 Å². The molecule has 5 rings (SSSR count). The van der Waals surface area contributed by atoms with Gasteiger partial charge in [-0.15, -0.1) is 11.3 Å². The molecular formula is C21H22N4O3S. The number of aryl methyl sites for hydroxylation is 1. The third kappa shape index (κ3) is 3.58. The van der Waals surface area contributed by atoms with Crippen LogP contribution in [0.1, 0.15) is 34.3 Å². The van der Waals surface area contributed by atoms with E-state index in [0.29, 0.717) is 38.4 Å². The van der Waals surface area contributed by atoms with Crippen molar-refractivity contribution in [3.63, 3.8) is 0 Å². The predicted octanol–water partition coefficient (Wildman–Crippen LogP) is 3.03. The van der Waals surface area contributed by atoms with Crippen molar-refractivity contribution in [2.24, 2.45) is 5.92 Å². The highest BCUT2D eigenvalue weighted by Crippen LogP contribution is 2.35. The normalized spacial score (nSPS) is 18.4. The number of nitrogens with zero attached hydrogens (tertiary/aromatic N) is 4. The van der Waals surface area contributed by atoms with Crippen molar-refractivity contribution >= 4 is 17.2 Å². The number of fused-ring (bicyclic) bond motifs is 2. The van der Waals surface area contributed by atoms with Crippen LogP contribution >= 0.6 is 11.3 Å². The van der Waals surface area contributed by atoms with Crippen molar-refractivity contribution in [1.29, 1.82) is 0 Å². The summed E-state index contributed by atoms with van der Waals surface area (Å²) in [5, 5.41) is 1.02. The molecule has 1 aliphatic heterocycles. The SMILES string of the molecule is COCc1nc2c(o1)CCN(C(=O)C1CCc3sc(-c4ccncc4)nc3C1)C2. The number of ether oxygens (including phenoxy) is 1.